The Balaban J connectivity index is 1.61. The molecule has 1 aromatic carbocycles. The zero-order valence-electron chi connectivity index (χ0n) is 13.1. The first-order valence-electron chi connectivity index (χ1n) is 8.06. The van der Waals surface area contributed by atoms with Gasteiger partial charge in [-0.15, -0.1) is 0 Å². The molecule has 2 saturated heterocycles. The fourth-order valence-corrected chi connectivity index (χ4v) is 3.31. The zero-order chi connectivity index (χ0) is 16.2. The van der Waals surface area contributed by atoms with E-state index in [1.165, 1.54) is 10.5 Å². The Bertz CT molecular complexity index is 563. The van der Waals surface area contributed by atoms with Gasteiger partial charge in [0.15, 0.2) is 0 Å². The Morgan fingerprint density at radius 2 is 2.00 bits per heavy atom. The predicted octanol–water partition coefficient (Wildman–Crippen LogP) is 0.963. The summed E-state index contributed by atoms with van der Waals surface area (Å²) in [6.07, 6.45) is 0.706. The highest BCUT2D eigenvalue weighted by Crippen LogP contribution is 2.21. The lowest BCUT2D eigenvalue weighted by Gasteiger charge is -2.34. The number of amides is 1. The molecule has 0 aromatic heterocycles. The van der Waals surface area contributed by atoms with Gasteiger partial charge >= 0.3 is 5.97 Å². The molecule has 3 rings (SSSR count). The maximum absolute atomic E-state index is 12.6. The van der Waals surface area contributed by atoms with Gasteiger partial charge in [0.05, 0.1) is 6.61 Å². The Labute approximate surface area is 135 Å². The summed E-state index contributed by atoms with van der Waals surface area (Å²) in [4.78, 5) is 27.5. The molecule has 23 heavy (non-hydrogen) atoms. The molecule has 0 bridgehead atoms. The number of hydrogen-bond acceptors (Lipinski definition) is 4. The summed E-state index contributed by atoms with van der Waals surface area (Å²) in [5.41, 5.74) is 1.20. The molecule has 6 heteroatoms. The molecular formula is C17H22N2O4. The van der Waals surface area contributed by atoms with Crippen molar-refractivity contribution in [3.63, 3.8) is 0 Å². The van der Waals surface area contributed by atoms with E-state index in [9.17, 15) is 14.7 Å². The molecular weight excluding hydrogens is 296 g/mol. The number of likely N-dealkylation sites (tertiary alicyclic amines) is 1. The van der Waals surface area contributed by atoms with Crippen molar-refractivity contribution >= 4 is 11.9 Å². The van der Waals surface area contributed by atoms with Gasteiger partial charge in [-0.3, -0.25) is 9.69 Å². The lowest BCUT2D eigenvalue weighted by atomic mass is 10.1. The highest BCUT2D eigenvalue weighted by molar-refractivity contribution is 5.87. The number of carbonyl (C=O) groups excluding carboxylic acids is 1. The number of ether oxygens (including phenoxy) is 1. The zero-order valence-corrected chi connectivity index (χ0v) is 13.1. The first-order chi connectivity index (χ1) is 11.1. The molecule has 0 unspecified atom stereocenters. The Hall–Kier alpha value is -1.92. The van der Waals surface area contributed by atoms with E-state index in [0.717, 1.165) is 19.5 Å². The molecule has 1 amide bonds. The number of nitrogens with zero attached hydrogens (tertiary/aromatic N) is 2. The minimum atomic E-state index is -0.923. The van der Waals surface area contributed by atoms with Crippen LogP contribution in [0.5, 0.6) is 0 Å². The molecule has 0 spiro atoms. The van der Waals surface area contributed by atoms with Crippen LogP contribution in [0.15, 0.2) is 30.3 Å². The monoisotopic (exact) mass is 318 g/mol. The van der Waals surface area contributed by atoms with Crippen molar-refractivity contribution in [1.82, 2.24) is 9.80 Å². The second kappa shape index (κ2) is 7.10. The van der Waals surface area contributed by atoms with Crippen LogP contribution in [0.4, 0.5) is 0 Å². The van der Waals surface area contributed by atoms with E-state index >= 15 is 0 Å². The topological polar surface area (TPSA) is 70.1 Å². The molecule has 0 aliphatic carbocycles. The van der Waals surface area contributed by atoms with Gasteiger partial charge < -0.3 is 14.7 Å². The molecule has 2 aliphatic rings. The first kappa shape index (κ1) is 16.0. The van der Waals surface area contributed by atoms with Crippen molar-refractivity contribution < 1.29 is 19.4 Å². The van der Waals surface area contributed by atoms with Gasteiger partial charge in [-0.2, -0.15) is 0 Å². The van der Waals surface area contributed by atoms with Gasteiger partial charge in [-0.25, -0.2) is 4.79 Å². The third-order valence-electron chi connectivity index (χ3n) is 4.50. The van der Waals surface area contributed by atoms with Crippen molar-refractivity contribution in [2.45, 2.75) is 31.5 Å². The van der Waals surface area contributed by atoms with E-state index in [-0.39, 0.29) is 5.91 Å². The minimum absolute atomic E-state index is 0.187. The van der Waals surface area contributed by atoms with Crippen LogP contribution in [-0.2, 0) is 20.9 Å². The third kappa shape index (κ3) is 3.71. The van der Waals surface area contributed by atoms with Crippen molar-refractivity contribution in [2.75, 3.05) is 26.2 Å². The third-order valence-corrected chi connectivity index (χ3v) is 4.50. The van der Waals surface area contributed by atoms with Crippen LogP contribution < -0.4 is 0 Å². The van der Waals surface area contributed by atoms with E-state index in [4.69, 9.17) is 4.74 Å². The minimum Gasteiger partial charge on any atom is -0.480 e. The van der Waals surface area contributed by atoms with Gasteiger partial charge in [0.25, 0.3) is 5.91 Å². The molecule has 2 aliphatic heterocycles. The lowest BCUT2D eigenvalue weighted by molar-refractivity contribution is -0.157. The van der Waals surface area contributed by atoms with Gasteiger partial charge in [0.1, 0.15) is 12.1 Å². The maximum Gasteiger partial charge on any atom is 0.326 e. The standard InChI is InChI=1S/C17H22N2O4/c20-16(19-8-4-7-14(19)17(21)22)15-12-18(9-10-23-15)11-13-5-2-1-3-6-13/h1-3,5-6,14-15H,4,7-12H2,(H,21,22)/t14-,15-/m1/s1. The molecule has 1 aromatic rings. The van der Waals surface area contributed by atoms with Crippen LogP contribution in [0.2, 0.25) is 0 Å². The van der Waals surface area contributed by atoms with E-state index < -0.39 is 18.1 Å². The summed E-state index contributed by atoms with van der Waals surface area (Å²) < 4.78 is 5.62. The summed E-state index contributed by atoms with van der Waals surface area (Å²) in [6.45, 7) is 3.07. The van der Waals surface area contributed by atoms with Crippen molar-refractivity contribution in [3.05, 3.63) is 35.9 Å². The summed E-state index contributed by atoms with van der Waals surface area (Å²) in [5.74, 6) is -1.11. The summed E-state index contributed by atoms with van der Waals surface area (Å²) in [6, 6.07) is 9.41. The maximum atomic E-state index is 12.6. The summed E-state index contributed by atoms with van der Waals surface area (Å²) >= 11 is 0. The van der Waals surface area contributed by atoms with Gasteiger partial charge in [0, 0.05) is 26.2 Å². The van der Waals surface area contributed by atoms with Crippen LogP contribution in [0.3, 0.4) is 0 Å². The largest absolute Gasteiger partial charge is 0.480 e. The quantitative estimate of drug-likeness (QED) is 0.895. The Morgan fingerprint density at radius 3 is 2.74 bits per heavy atom. The van der Waals surface area contributed by atoms with Gasteiger partial charge in [-0.05, 0) is 18.4 Å². The Morgan fingerprint density at radius 1 is 1.22 bits per heavy atom. The Kier molecular flexibility index (Phi) is 4.93. The molecule has 2 fully saturated rings. The van der Waals surface area contributed by atoms with Crippen LogP contribution >= 0.6 is 0 Å². The van der Waals surface area contributed by atoms with E-state index in [2.05, 4.69) is 17.0 Å². The highest BCUT2D eigenvalue weighted by atomic mass is 16.5. The fraction of sp³-hybridized carbons (Fsp3) is 0.529. The molecule has 6 nitrogen and oxygen atoms in total. The van der Waals surface area contributed by atoms with Gasteiger partial charge in [-0.1, -0.05) is 30.3 Å². The normalized spacial score (nSPS) is 25.5. The van der Waals surface area contributed by atoms with Crippen molar-refractivity contribution in [2.24, 2.45) is 0 Å². The second-order valence-electron chi connectivity index (χ2n) is 6.11. The first-order valence-corrected chi connectivity index (χ1v) is 8.06. The molecule has 0 radical (unpaired) electrons. The number of carboxylic acid groups (broad SMARTS) is 1. The highest BCUT2D eigenvalue weighted by Gasteiger charge is 2.38. The summed E-state index contributed by atoms with van der Waals surface area (Å²) in [7, 11) is 0. The average Bonchev–Trinajstić information content (AvgIpc) is 3.05. The van der Waals surface area contributed by atoms with E-state index in [1.807, 2.05) is 18.2 Å². The number of carbonyl (C=O) groups is 2. The number of carboxylic acids is 1. The number of benzene rings is 1. The number of aliphatic carboxylic acids is 1. The fourth-order valence-electron chi connectivity index (χ4n) is 3.31. The molecule has 2 heterocycles. The van der Waals surface area contributed by atoms with Crippen LogP contribution in [0, 0.1) is 0 Å². The van der Waals surface area contributed by atoms with Crippen LogP contribution in [0.1, 0.15) is 18.4 Å². The van der Waals surface area contributed by atoms with Crippen molar-refractivity contribution in [1.29, 1.82) is 0 Å². The van der Waals surface area contributed by atoms with E-state index in [1.54, 1.807) is 0 Å². The average molecular weight is 318 g/mol. The smallest absolute Gasteiger partial charge is 0.326 e. The number of morpholine rings is 1. The number of hydrogen-bond donors (Lipinski definition) is 1. The van der Waals surface area contributed by atoms with Crippen LogP contribution in [-0.4, -0.2) is 65.2 Å². The number of rotatable bonds is 4. The van der Waals surface area contributed by atoms with Gasteiger partial charge in [0.2, 0.25) is 0 Å². The molecule has 0 saturated carbocycles. The van der Waals surface area contributed by atoms with Crippen molar-refractivity contribution in [3.8, 4) is 0 Å². The lowest BCUT2D eigenvalue weighted by Crippen LogP contribution is -2.53. The van der Waals surface area contributed by atoms with E-state index in [0.29, 0.717) is 26.1 Å². The molecule has 124 valence electrons. The summed E-state index contributed by atoms with van der Waals surface area (Å²) in [5, 5.41) is 9.23. The van der Waals surface area contributed by atoms with Crippen LogP contribution in [0.25, 0.3) is 0 Å². The SMILES string of the molecule is O=C(O)[C@H]1CCCN1C(=O)[C@H]1CN(Cc2ccccc2)CCO1. The molecule has 1 N–H and O–H groups in total. The predicted molar refractivity (Wildman–Crippen MR) is 83.8 cm³/mol. The second-order valence-corrected chi connectivity index (χ2v) is 6.11. The molecule has 2 atom stereocenters.